The zero-order valence-electron chi connectivity index (χ0n) is 14.9. The molecular weight excluding hydrogens is 343 g/mol. The van der Waals surface area contributed by atoms with Crippen LogP contribution in [0.25, 0.3) is 0 Å². The van der Waals surface area contributed by atoms with Crippen LogP contribution in [0.4, 0.5) is 27.5 Å². The standard InChI is InChI=1S/C21H19FN4O/c1-13-5-9-16(10-6-13)24-21-25-17-3-2-4-18(27)19(17)20(26-21)23-15-11-7-14(22)8-12-15/h5-12H,2-4H2,1H3,(H2,23,24,25,26). The van der Waals surface area contributed by atoms with Crippen molar-refractivity contribution in [2.75, 3.05) is 10.6 Å². The summed E-state index contributed by atoms with van der Waals surface area (Å²) in [4.78, 5) is 21.5. The molecule has 4 rings (SSSR count). The van der Waals surface area contributed by atoms with Crippen LogP contribution in [0.1, 0.15) is 34.5 Å². The predicted molar refractivity (Wildman–Crippen MR) is 103 cm³/mol. The van der Waals surface area contributed by atoms with Crippen molar-refractivity contribution in [2.45, 2.75) is 26.2 Å². The number of aromatic nitrogens is 2. The summed E-state index contributed by atoms with van der Waals surface area (Å²) in [7, 11) is 0. The fourth-order valence-corrected chi connectivity index (χ4v) is 3.10. The third-order valence-electron chi connectivity index (χ3n) is 4.49. The summed E-state index contributed by atoms with van der Waals surface area (Å²) in [5.41, 5.74) is 3.96. The third-order valence-corrected chi connectivity index (χ3v) is 4.49. The Morgan fingerprint density at radius 2 is 1.56 bits per heavy atom. The molecule has 0 aliphatic heterocycles. The molecular formula is C21H19FN4O. The molecule has 5 nitrogen and oxygen atoms in total. The number of ketones is 1. The first-order valence-corrected chi connectivity index (χ1v) is 8.89. The number of hydrogen-bond donors (Lipinski definition) is 2. The lowest BCUT2D eigenvalue weighted by Gasteiger charge is -2.19. The molecule has 0 saturated carbocycles. The van der Waals surface area contributed by atoms with Crippen LogP contribution in [0.2, 0.25) is 0 Å². The molecule has 1 aliphatic carbocycles. The monoisotopic (exact) mass is 362 g/mol. The Labute approximate surface area is 156 Å². The van der Waals surface area contributed by atoms with E-state index in [-0.39, 0.29) is 11.6 Å². The van der Waals surface area contributed by atoms with Gasteiger partial charge in [-0.1, -0.05) is 17.7 Å². The van der Waals surface area contributed by atoms with Crippen molar-refractivity contribution in [1.82, 2.24) is 9.97 Å². The Morgan fingerprint density at radius 1 is 0.889 bits per heavy atom. The molecule has 136 valence electrons. The second kappa shape index (κ2) is 7.15. The van der Waals surface area contributed by atoms with Gasteiger partial charge in [-0.3, -0.25) is 4.79 Å². The van der Waals surface area contributed by atoms with Crippen molar-refractivity contribution >= 4 is 28.9 Å². The number of anilines is 4. The van der Waals surface area contributed by atoms with Gasteiger partial charge in [0.1, 0.15) is 11.6 Å². The van der Waals surface area contributed by atoms with Crippen LogP contribution in [-0.2, 0) is 6.42 Å². The topological polar surface area (TPSA) is 66.9 Å². The highest BCUT2D eigenvalue weighted by atomic mass is 19.1. The molecule has 0 atom stereocenters. The van der Waals surface area contributed by atoms with E-state index in [0.29, 0.717) is 29.4 Å². The lowest BCUT2D eigenvalue weighted by molar-refractivity contribution is 0.0972. The Morgan fingerprint density at radius 3 is 2.30 bits per heavy atom. The van der Waals surface area contributed by atoms with Crippen LogP contribution in [0, 0.1) is 12.7 Å². The van der Waals surface area contributed by atoms with E-state index in [0.717, 1.165) is 29.8 Å². The second-order valence-corrected chi connectivity index (χ2v) is 6.62. The van der Waals surface area contributed by atoms with E-state index in [2.05, 4.69) is 20.6 Å². The van der Waals surface area contributed by atoms with Gasteiger partial charge in [-0.2, -0.15) is 4.98 Å². The minimum Gasteiger partial charge on any atom is -0.339 e. The molecule has 3 aromatic rings. The first kappa shape index (κ1) is 17.1. The minimum atomic E-state index is -0.317. The number of Topliss-reactive ketones (excluding diaryl/α,β-unsaturated/α-hetero) is 1. The number of fused-ring (bicyclic) bond motifs is 1. The summed E-state index contributed by atoms with van der Waals surface area (Å²) in [6.07, 6.45) is 1.99. The second-order valence-electron chi connectivity index (χ2n) is 6.62. The van der Waals surface area contributed by atoms with Crippen molar-refractivity contribution in [1.29, 1.82) is 0 Å². The molecule has 6 heteroatoms. The largest absolute Gasteiger partial charge is 0.339 e. The highest BCUT2D eigenvalue weighted by Gasteiger charge is 2.24. The molecule has 2 N–H and O–H groups in total. The van der Waals surface area contributed by atoms with Gasteiger partial charge < -0.3 is 10.6 Å². The zero-order chi connectivity index (χ0) is 18.8. The Bertz CT molecular complexity index is 984. The number of carbonyl (C=O) groups is 1. The van der Waals surface area contributed by atoms with Crippen LogP contribution >= 0.6 is 0 Å². The fourth-order valence-electron chi connectivity index (χ4n) is 3.10. The molecule has 1 heterocycles. The summed E-state index contributed by atoms with van der Waals surface area (Å²) in [5, 5.41) is 6.34. The highest BCUT2D eigenvalue weighted by molar-refractivity contribution is 6.03. The smallest absolute Gasteiger partial charge is 0.229 e. The fraction of sp³-hybridized carbons (Fsp3) is 0.190. The maximum Gasteiger partial charge on any atom is 0.229 e. The lowest BCUT2D eigenvalue weighted by atomic mass is 9.95. The normalized spacial score (nSPS) is 13.2. The number of rotatable bonds is 4. The number of hydrogen-bond acceptors (Lipinski definition) is 5. The minimum absolute atomic E-state index is 0.0303. The first-order chi connectivity index (χ1) is 13.1. The summed E-state index contributed by atoms with van der Waals surface area (Å²) < 4.78 is 13.2. The number of benzene rings is 2. The van der Waals surface area contributed by atoms with Crippen molar-refractivity contribution in [3.05, 3.63) is 71.2 Å². The maximum absolute atomic E-state index is 13.2. The first-order valence-electron chi connectivity index (χ1n) is 8.89. The van der Waals surface area contributed by atoms with E-state index < -0.39 is 0 Å². The highest BCUT2D eigenvalue weighted by Crippen LogP contribution is 2.29. The molecule has 0 fully saturated rings. The molecule has 0 radical (unpaired) electrons. The number of halogens is 1. The van der Waals surface area contributed by atoms with Gasteiger partial charge in [-0.05, 0) is 56.2 Å². The van der Waals surface area contributed by atoms with E-state index in [1.165, 1.54) is 12.1 Å². The van der Waals surface area contributed by atoms with Crippen LogP contribution in [-0.4, -0.2) is 15.8 Å². The van der Waals surface area contributed by atoms with Crippen molar-refractivity contribution < 1.29 is 9.18 Å². The van der Waals surface area contributed by atoms with E-state index in [9.17, 15) is 9.18 Å². The molecule has 1 aliphatic rings. The van der Waals surface area contributed by atoms with Gasteiger partial charge in [0.25, 0.3) is 0 Å². The van der Waals surface area contributed by atoms with E-state index in [4.69, 9.17) is 0 Å². The number of aryl methyl sites for hydroxylation is 2. The maximum atomic E-state index is 13.2. The van der Waals surface area contributed by atoms with Crippen molar-refractivity contribution in [3.8, 4) is 0 Å². The molecule has 0 amide bonds. The predicted octanol–water partition coefficient (Wildman–Crippen LogP) is 4.93. The Balaban J connectivity index is 1.71. The Kier molecular flexibility index (Phi) is 4.54. The summed E-state index contributed by atoms with van der Waals surface area (Å²) >= 11 is 0. The molecule has 0 saturated heterocycles. The van der Waals surface area contributed by atoms with Gasteiger partial charge in [0.05, 0.1) is 11.3 Å². The zero-order valence-corrected chi connectivity index (χ0v) is 14.9. The van der Waals surface area contributed by atoms with Crippen molar-refractivity contribution in [2.24, 2.45) is 0 Å². The third kappa shape index (κ3) is 3.79. The van der Waals surface area contributed by atoms with Gasteiger partial charge in [-0.15, -0.1) is 0 Å². The summed E-state index contributed by atoms with van der Waals surface area (Å²) in [6.45, 7) is 2.02. The SMILES string of the molecule is Cc1ccc(Nc2nc3c(c(Nc4ccc(F)cc4)n2)C(=O)CCC3)cc1. The van der Waals surface area contributed by atoms with Gasteiger partial charge in [-0.25, -0.2) is 9.37 Å². The molecule has 2 aromatic carbocycles. The van der Waals surface area contributed by atoms with Crippen molar-refractivity contribution in [3.63, 3.8) is 0 Å². The molecule has 0 unspecified atom stereocenters. The number of nitrogens with one attached hydrogen (secondary N) is 2. The average Bonchev–Trinajstić information content (AvgIpc) is 2.65. The number of nitrogens with zero attached hydrogens (tertiary/aromatic N) is 2. The molecule has 27 heavy (non-hydrogen) atoms. The molecule has 1 aromatic heterocycles. The van der Waals surface area contributed by atoms with Crippen LogP contribution in [0.3, 0.4) is 0 Å². The van der Waals surface area contributed by atoms with Gasteiger partial charge in [0.2, 0.25) is 5.95 Å². The van der Waals surface area contributed by atoms with E-state index >= 15 is 0 Å². The van der Waals surface area contributed by atoms with Crippen LogP contribution < -0.4 is 10.6 Å². The molecule has 0 bridgehead atoms. The summed E-state index contributed by atoms with van der Waals surface area (Å²) in [5.74, 6) is 0.591. The average molecular weight is 362 g/mol. The number of carbonyl (C=O) groups excluding carboxylic acids is 1. The summed E-state index contributed by atoms with van der Waals surface area (Å²) in [6, 6.07) is 13.9. The van der Waals surface area contributed by atoms with Crippen LogP contribution in [0.15, 0.2) is 48.5 Å². The lowest BCUT2D eigenvalue weighted by Crippen LogP contribution is -2.17. The Hall–Kier alpha value is -3.28. The van der Waals surface area contributed by atoms with Gasteiger partial charge in [0.15, 0.2) is 5.78 Å². The van der Waals surface area contributed by atoms with Gasteiger partial charge >= 0.3 is 0 Å². The molecule has 0 spiro atoms. The van der Waals surface area contributed by atoms with E-state index in [1.807, 2.05) is 31.2 Å². The van der Waals surface area contributed by atoms with Crippen LogP contribution in [0.5, 0.6) is 0 Å². The van der Waals surface area contributed by atoms with Gasteiger partial charge in [0, 0.05) is 17.8 Å². The quantitative estimate of drug-likeness (QED) is 0.689. The van der Waals surface area contributed by atoms with E-state index in [1.54, 1.807) is 12.1 Å².